The Hall–Kier alpha value is -1.52. The first kappa shape index (κ1) is 13.9. The van der Waals surface area contributed by atoms with Crippen molar-refractivity contribution in [3.8, 4) is 0 Å². The number of rotatable bonds is 2. The molecular formula is C14H12BrClN2O. The average molecular weight is 340 g/mol. The molecule has 19 heavy (non-hydrogen) atoms. The lowest BCUT2D eigenvalue weighted by molar-refractivity contribution is 0.102. The van der Waals surface area contributed by atoms with Crippen molar-refractivity contribution in [3.05, 3.63) is 57.0 Å². The second-order valence-corrected chi connectivity index (χ2v) is 5.42. The van der Waals surface area contributed by atoms with Gasteiger partial charge in [0.25, 0.3) is 5.91 Å². The summed E-state index contributed by atoms with van der Waals surface area (Å²) in [7, 11) is 0. The van der Waals surface area contributed by atoms with Crippen LogP contribution in [0.15, 0.2) is 40.9 Å². The SMILES string of the molecule is Cc1ccc(C(=O)Nc2ccc(N)cc2Br)cc1Cl. The van der Waals surface area contributed by atoms with Crippen molar-refractivity contribution < 1.29 is 4.79 Å². The first-order valence-corrected chi connectivity index (χ1v) is 6.77. The van der Waals surface area contributed by atoms with Crippen LogP contribution in [0.4, 0.5) is 11.4 Å². The highest BCUT2D eigenvalue weighted by molar-refractivity contribution is 9.10. The quantitative estimate of drug-likeness (QED) is 0.804. The predicted molar refractivity (Wildman–Crippen MR) is 82.7 cm³/mol. The van der Waals surface area contributed by atoms with Gasteiger partial charge < -0.3 is 11.1 Å². The first-order valence-electron chi connectivity index (χ1n) is 5.60. The minimum atomic E-state index is -0.215. The van der Waals surface area contributed by atoms with E-state index in [-0.39, 0.29) is 5.91 Å². The van der Waals surface area contributed by atoms with E-state index < -0.39 is 0 Å². The van der Waals surface area contributed by atoms with Crippen molar-refractivity contribution >= 4 is 44.8 Å². The molecule has 2 aromatic carbocycles. The van der Waals surface area contributed by atoms with Crippen LogP contribution in [0, 0.1) is 6.92 Å². The van der Waals surface area contributed by atoms with Crippen molar-refractivity contribution in [2.24, 2.45) is 0 Å². The summed E-state index contributed by atoms with van der Waals surface area (Å²) in [6, 6.07) is 10.4. The third-order valence-electron chi connectivity index (χ3n) is 2.68. The molecule has 0 bridgehead atoms. The van der Waals surface area contributed by atoms with E-state index in [0.717, 1.165) is 10.0 Å². The third-order valence-corrected chi connectivity index (χ3v) is 3.74. The van der Waals surface area contributed by atoms with E-state index in [9.17, 15) is 4.79 Å². The van der Waals surface area contributed by atoms with Gasteiger partial charge in [-0.2, -0.15) is 0 Å². The van der Waals surface area contributed by atoms with Gasteiger partial charge >= 0.3 is 0 Å². The maximum atomic E-state index is 12.1. The summed E-state index contributed by atoms with van der Waals surface area (Å²) in [5.41, 5.74) is 8.39. The fourth-order valence-corrected chi connectivity index (χ4v) is 2.24. The molecule has 0 unspecified atom stereocenters. The van der Waals surface area contributed by atoms with Crippen LogP contribution in [-0.4, -0.2) is 5.91 Å². The second kappa shape index (κ2) is 5.63. The molecule has 0 saturated carbocycles. The minimum absolute atomic E-state index is 0.215. The lowest BCUT2D eigenvalue weighted by atomic mass is 10.1. The van der Waals surface area contributed by atoms with Crippen molar-refractivity contribution in [2.45, 2.75) is 6.92 Å². The number of aryl methyl sites for hydroxylation is 1. The van der Waals surface area contributed by atoms with Crippen molar-refractivity contribution in [1.29, 1.82) is 0 Å². The van der Waals surface area contributed by atoms with E-state index in [1.807, 2.05) is 13.0 Å². The molecule has 0 aliphatic carbocycles. The predicted octanol–water partition coefficient (Wildman–Crippen LogP) is 4.25. The summed E-state index contributed by atoms with van der Waals surface area (Å²) in [5.74, 6) is -0.215. The Balaban J connectivity index is 2.23. The summed E-state index contributed by atoms with van der Waals surface area (Å²) in [6.07, 6.45) is 0. The van der Waals surface area contributed by atoms with E-state index in [1.54, 1.807) is 30.3 Å². The molecule has 0 heterocycles. The molecular weight excluding hydrogens is 328 g/mol. The summed E-state index contributed by atoms with van der Waals surface area (Å²) in [6.45, 7) is 1.89. The topological polar surface area (TPSA) is 55.1 Å². The molecule has 3 nitrogen and oxygen atoms in total. The van der Waals surface area contributed by atoms with Crippen LogP contribution >= 0.6 is 27.5 Å². The minimum Gasteiger partial charge on any atom is -0.399 e. The summed E-state index contributed by atoms with van der Waals surface area (Å²) >= 11 is 9.36. The van der Waals surface area contributed by atoms with E-state index in [0.29, 0.717) is 22.0 Å². The van der Waals surface area contributed by atoms with Gasteiger partial charge in [0.2, 0.25) is 0 Å². The summed E-state index contributed by atoms with van der Waals surface area (Å²) in [4.78, 5) is 12.1. The average Bonchev–Trinajstić information content (AvgIpc) is 2.36. The number of nitrogen functional groups attached to an aromatic ring is 1. The highest BCUT2D eigenvalue weighted by Gasteiger charge is 2.09. The molecule has 98 valence electrons. The molecule has 0 saturated heterocycles. The molecule has 5 heteroatoms. The zero-order valence-electron chi connectivity index (χ0n) is 10.2. The number of amides is 1. The van der Waals surface area contributed by atoms with Gasteiger partial charge in [-0.25, -0.2) is 0 Å². The maximum Gasteiger partial charge on any atom is 0.255 e. The lowest BCUT2D eigenvalue weighted by Gasteiger charge is -2.09. The van der Waals surface area contributed by atoms with E-state index in [2.05, 4.69) is 21.2 Å². The van der Waals surface area contributed by atoms with Crippen LogP contribution in [0.5, 0.6) is 0 Å². The number of carbonyl (C=O) groups excluding carboxylic acids is 1. The second-order valence-electron chi connectivity index (χ2n) is 4.16. The standard InChI is InChI=1S/C14H12BrClN2O/c1-8-2-3-9(6-12(8)16)14(19)18-13-5-4-10(17)7-11(13)15/h2-7H,17H2,1H3,(H,18,19). The third kappa shape index (κ3) is 3.28. The van der Waals surface area contributed by atoms with Gasteiger partial charge in [-0.15, -0.1) is 0 Å². The molecule has 0 fully saturated rings. The number of benzene rings is 2. The van der Waals surface area contributed by atoms with Crippen molar-refractivity contribution in [1.82, 2.24) is 0 Å². The van der Waals surface area contributed by atoms with Gasteiger partial charge in [0.15, 0.2) is 0 Å². The van der Waals surface area contributed by atoms with Crippen LogP contribution in [0.1, 0.15) is 15.9 Å². The number of nitrogens with two attached hydrogens (primary N) is 1. The number of hydrogen-bond acceptors (Lipinski definition) is 2. The van der Waals surface area contributed by atoms with Gasteiger partial charge in [-0.05, 0) is 58.7 Å². The largest absolute Gasteiger partial charge is 0.399 e. The van der Waals surface area contributed by atoms with Crippen LogP contribution in [-0.2, 0) is 0 Å². The van der Waals surface area contributed by atoms with Crippen LogP contribution in [0.3, 0.4) is 0 Å². The van der Waals surface area contributed by atoms with Gasteiger partial charge in [0, 0.05) is 20.7 Å². The van der Waals surface area contributed by atoms with Gasteiger partial charge in [0.05, 0.1) is 5.69 Å². The Kier molecular flexibility index (Phi) is 4.12. The molecule has 3 N–H and O–H groups in total. The zero-order valence-corrected chi connectivity index (χ0v) is 12.5. The molecule has 2 rings (SSSR count). The van der Waals surface area contributed by atoms with Crippen molar-refractivity contribution in [3.63, 3.8) is 0 Å². The number of halogens is 2. The molecule has 0 aliphatic heterocycles. The Morgan fingerprint density at radius 2 is 2.00 bits per heavy atom. The molecule has 0 atom stereocenters. The van der Waals surface area contributed by atoms with Gasteiger partial charge in [-0.1, -0.05) is 17.7 Å². The van der Waals surface area contributed by atoms with Gasteiger partial charge in [0.1, 0.15) is 0 Å². The first-order chi connectivity index (χ1) is 8.97. The fraction of sp³-hybridized carbons (Fsp3) is 0.0714. The molecule has 0 radical (unpaired) electrons. The summed E-state index contributed by atoms with van der Waals surface area (Å²) in [5, 5.41) is 3.37. The number of carbonyl (C=O) groups is 1. The van der Waals surface area contributed by atoms with Crippen LogP contribution < -0.4 is 11.1 Å². The van der Waals surface area contributed by atoms with E-state index in [1.165, 1.54) is 0 Å². The summed E-state index contributed by atoms with van der Waals surface area (Å²) < 4.78 is 0.735. The molecule has 2 aromatic rings. The van der Waals surface area contributed by atoms with Gasteiger partial charge in [-0.3, -0.25) is 4.79 Å². The number of hydrogen-bond donors (Lipinski definition) is 2. The van der Waals surface area contributed by atoms with E-state index >= 15 is 0 Å². The van der Waals surface area contributed by atoms with E-state index in [4.69, 9.17) is 17.3 Å². The lowest BCUT2D eigenvalue weighted by Crippen LogP contribution is -2.12. The number of nitrogens with one attached hydrogen (secondary N) is 1. The Bertz CT molecular complexity index is 643. The van der Waals surface area contributed by atoms with Crippen molar-refractivity contribution in [2.75, 3.05) is 11.1 Å². The van der Waals surface area contributed by atoms with Crippen LogP contribution in [0.25, 0.3) is 0 Å². The zero-order chi connectivity index (χ0) is 14.0. The smallest absolute Gasteiger partial charge is 0.255 e. The maximum absolute atomic E-state index is 12.1. The fourth-order valence-electron chi connectivity index (χ4n) is 1.56. The highest BCUT2D eigenvalue weighted by Crippen LogP contribution is 2.25. The molecule has 0 spiro atoms. The number of anilines is 2. The molecule has 0 aliphatic rings. The highest BCUT2D eigenvalue weighted by atomic mass is 79.9. The molecule has 0 aromatic heterocycles. The Labute approximate surface area is 124 Å². The van der Waals surface area contributed by atoms with Crippen LogP contribution in [0.2, 0.25) is 5.02 Å². The Morgan fingerprint density at radius 3 is 2.63 bits per heavy atom. The Morgan fingerprint density at radius 1 is 1.26 bits per heavy atom. The normalized spacial score (nSPS) is 10.3. The monoisotopic (exact) mass is 338 g/mol. The molecule has 1 amide bonds.